The van der Waals surface area contributed by atoms with Gasteiger partial charge in [0.25, 0.3) is 0 Å². The summed E-state index contributed by atoms with van der Waals surface area (Å²) in [6, 6.07) is -3.97. The minimum atomic E-state index is -0.769. The highest BCUT2D eigenvalue weighted by atomic mass is 16.5. The van der Waals surface area contributed by atoms with E-state index in [9.17, 15) is 28.8 Å². The van der Waals surface area contributed by atoms with Crippen LogP contribution in [-0.4, -0.2) is 147 Å². The van der Waals surface area contributed by atoms with Crippen LogP contribution in [0.1, 0.15) is 158 Å². The molecule has 0 aromatic rings. The van der Waals surface area contributed by atoms with Crippen LogP contribution in [-0.2, 0) is 38.2 Å². The summed E-state index contributed by atoms with van der Waals surface area (Å²) in [5.74, 6) is -0.658. The summed E-state index contributed by atoms with van der Waals surface area (Å²) >= 11 is 0. The Bertz CT molecular complexity index is 1460. The standard InChI is InChI=1S/C50H90N8O8/c1-33(51-9)43(59)55-41(49(3,4)5)47(63)57-27-19-25-39(57)45(61)53-37(35-21-13-11-14-22-35)31-65-29-17-18-30-66-32-38(36-23-15-12-16-24-36)54-46(62)40-26-20-28-58(40)48(64)42(50(6,7)8)56-44(60)34(2)52-10/h33-42,51-52H,11-32H2,1-10H3,(H,53,61)(H,54,62)(H,55,59)(H,56,60)/t33-,34-,37+,38+,39-,40-,41+,42+/m0/s1. The smallest absolute Gasteiger partial charge is 0.246 e. The lowest BCUT2D eigenvalue weighted by atomic mass is 9.84. The van der Waals surface area contributed by atoms with E-state index in [1.54, 1.807) is 37.7 Å². The summed E-state index contributed by atoms with van der Waals surface area (Å²) < 4.78 is 12.5. The summed E-state index contributed by atoms with van der Waals surface area (Å²) in [4.78, 5) is 85.2. The van der Waals surface area contributed by atoms with Crippen molar-refractivity contribution in [3.8, 4) is 0 Å². The van der Waals surface area contributed by atoms with Gasteiger partial charge in [0.05, 0.1) is 37.4 Å². The number of ether oxygens (including phenoxy) is 2. The van der Waals surface area contributed by atoms with E-state index < -0.39 is 47.1 Å². The average molecular weight is 931 g/mol. The highest BCUT2D eigenvalue weighted by Crippen LogP contribution is 2.31. The van der Waals surface area contributed by atoms with Crippen molar-refractivity contribution >= 4 is 35.4 Å². The second-order valence-corrected chi connectivity index (χ2v) is 21.9. The first kappa shape index (κ1) is 55.3. The molecule has 8 atom stereocenters. The summed E-state index contributed by atoms with van der Waals surface area (Å²) in [6.07, 6.45) is 15.1. The number of hydrogen-bond donors (Lipinski definition) is 6. The van der Waals surface area contributed by atoms with Crippen molar-refractivity contribution in [2.45, 2.75) is 206 Å². The fourth-order valence-corrected chi connectivity index (χ4v) is 10.1. The van der Waals surface area contributed by atoms with Gasteiger partial charge in [-0.2, -0.15) is 0 Å². The van der Waals surface area contributed by atoms with E-state index in [1.807, 2.05) is 41.5 Å². The predicted molar refractivity (Wildman–Crippen MR) is 257 cm³/mol. The lowest BCUT2D eigenvalue weighted by Crippen LogP contribution is -2.60. The van der Waals surface area contributed by atoms with E-state index in [1.165, 1.54) is 12.8 Å². The van der Waals surface area contributed by atoms with Crippen LogP contribution in [0.15, 0.2) is 0 Å². The molecule has 6 N–H and O–H groups in total. The Kier molecular flexibility index (Phi) is 22.1. The Labute approximate surface area is 397 Å². The van der Waals surface area contributed by atoms with Crippen LogP contribution in [0.5, 0.6) is 0 Å². The minimum Gasteiger partial charge on any atom is -0.379 e. The van der Waals surface area contributed by atoms with E-state index >= 15 is 0 Å². The van der Waals surface area contributed by atoms with Crippen LogP contribution in [0.25, 0.3) is 0 Å². The largest absolute Gasteiger partial charge is 0.379 e. The first-order valence-corrected chi connectivity index (χ1v) is 25.6. The zero-order valence-corrected chi connectivity index (χ0v) is 42.5. The summed E-state index contributed by atoms with van der Waals surface area (Å²) in [7, 11) is 3.41. The molecule has 378 valence electrons. The molecule has 2 saturated carbocycles. The Hall–Kier alpha value is -3.34. The highest BCUT2D eigenvalue weighted by molar-refractivity contribution is 5.95. The van der Waals surface area contributed by atoms with E-state index in [0.717, 1.165) is 77.0 Å². The number of carbonyl (C=O) groups is 6. The van der Waals surface area contributed by atoms with Gasteiger partial charge in [-0.3, -0.25) is 28.8 Å². The molecule has 0 aromatic heterocycles. The second kappa shape index (κ2) is 26.4. The molecule has 16 heteroatoms. The number of likely N-dealkylation sites (tertiary alicyclic amines) is 2. The predicted octanol–water partition coefficient (Wildman–Crippen LogP) is 4.19. The molecule has 2 heterocycles. The van der Waals surface area contributed by atoms with Crippen LogP contribution in [0.3, 0.4) is 0 Å². The molecule has 0 aromatic carbocycles. The van der Waals surface area contributed by atoms with Gasteiger partial charge in [0.2, 0.25) is 35.4 Å². The Morgan fingerprint density at radius 2 is 0.864 bits per heavy atom. The third-order valence-corrected chi connectivity index (χ3v) is 14.6. The Balaban J connectivity index is 1.28. The molecule has 4 aliphatic rings. The molecule has 2 aliphatic heterocycles. The first-order valence-electron chi connectivity index (χ1n) is 25.6. The van der Waals surface area contributed by atoms with E-state index in [0.29, 0.717) is 64.2 Å². The Morgan fingerprint density at radius 1 is 0.515 bits per heavy atom. The van der Waals surface area contributed by atoms with Gasteiger partial charge >= 0.3 is 0 Å². The van der Waals surface area contributed by atoms with Crippen LogP contribution in [0, 0.1) is 22.7 Å². The molecule has 4 fully saturated rings. The van der Waals surface area contributed by atoms with Crippen LogP contribution >= 0.6 is 0 Å². The second-order valence-electron chi connectivity index (χ2n) is 21.9. The zero-order valence-electron chi connectivity index (χ0n) is 42.5. The fraction of sp³-hybridized carbons (Fsp3) is 0.880. The van der Waals surface area contributed by atoms with Crippen molar-refractivity contribution in [2.75, 3.05) is 53.6 Å². The normalized spacial score (nSPS) is 22.8. The van der Waals surface area contributed by atoms with E-state index in [-0.39, 0.29) is 47.5 Å². The van der Waals surface area contributed by atoms with Gasteiger partial charge in [-0.05, 0) is 115 Å². The number of amides is 6. The molecule has 6 amide bonds. The number of nitrogens with one attached hydrogen (secondary N) is 6. The SMILES string of the molecule is CN[C@@H](C)C(=O)N[C@H](C(=O)N1CCC[C@H]1C(=O)N[C@H](COCCCCOC[C@@H](NC(=O)[C@@H]1CCCN1C(=O)[C@@H](NC(=O)[C@H](C)NC)C(C)(C)C)C1CCCCC1)C1CCCCC1)C(C)(C)C. The van der Waals surface area contributed by atoms with Gasteiger partial charge in [0, 0.05) is 26.3 Å². The van der Waals surface area contributed by atoms with Crippen LogP contribution in [0.2, 0.25) is 0 Å². The maximum atomic E-state index is 14.0. The quantitative estimate of drug-likeness (QED) is 0.0809. The third kappa shape index (κ3) is 16.1. The van der Waals surface area contributed by atoms with E-state index in [4.69, 9.17) is 9.47 Å². The maximum absolute atomic E-state index is 14.0. The number of nitrogens with zero attached hydrogens (tertiary/aromatic N) is 2. The number of carbonyl (C=O) groups excluding carboxylic acids is 6. The van der Waals surface area contributed by atoms with E-state index in [2.05, 4.69) is 31.9 Å². The van der Waals surface area contributed by atoms with Crippen molar-refractivity contribution < 1.29 is 38.2 Å². The zero-order chi connectivity index (χ0) is 48.6. The Morgan fingerprint density at radius 3 is 1.18 bits per heavy atom. The molecule has 16 nitrogen and oxygen atoms in total. The molecule has 0 unspecified atom stereocenters. The number of unbranched alkanes of at least 4 members (excludes halogenated alkanes) is 1. The number of rotatable bonds is 23. The van der Waals surface area contributed by atoms with Crippen molar-refractivity contribution in [1.82, 2.24) is 41.7 Å². The third-order valence-electron chi connectivity index (χ3n) is 14.6. The van der Waals surface area contributed by atoms with Gasteiger partial charge in [0.1, 0.15) is 24.2 Å². The minimum absolute atomic E-state index is 0.153. The monoisotopic (exact) mass is 931 g/mol. The van der Waals surface area contributed by atoms with Crippen molar-refractivity contribution in [2.24, 2.45) is 22.7 Å². The molecule has 2 aliphatic carbocycles. The lowest BCUT2D eigenvalue weighted by molar-refractivity contribution is -0.144. The van der Waals surface area contributed by atoms with Crippen LogP contribution < -0.4 is 31.9 Å². The molecule has 0 spiro atoms. The lowest BCUT2D eigenvalue weighted by Gasteiger charge is -2.37. The van der Waals surface area contributed by atoms with Gasteiger partial charge in [-0.15, -0.1) is 0 Å². The summed E-state index contributed by atoms with van der Waals surface area (Å²) in [5, 5.41) is 18.4. The summed E-state index contributed by atoms with van der Waals surface area (Å²) in [5.41, 5.74) is -1.10. The maximum Gasteiger partial charge on any atom is 0.246 e. The van der Waals surface area contributed by atoms with Gasteiger partial charge < -0.3 is 51.2 Å². The van der Waals surface area contributed by atoms with Crippen molar-refractivity contribution in [1.29, 1.82) is 0 Å². The van der Waals surface area contributed by atoms with Crippen molar-refractivity contribution in [3.05, 3.63) is 0 Å². The highest BCUT2D eigenvalue weighted by Gasteiger charge is 2.45. The van der Waals surface area contributed by atoms with Gasteiger partial charge in [-0.25, -0.2) is 0 Å². The molecular formula is C50H90N8O8. The number of hydrogen-bond acceptors (Lipinski definition) is 10. The molecule has 0 radical (unpaired) electrons. The molecule has 2 saturated heterocycles. The molecule has 66 heavy (non-hydrogen) atoms. The van der Waals surface area contributed by atoms with Crippen LogP contribution in [0.4, 0.5) is 0 Å². The first-order chi connectivity index (χ1) is 31.3. The molecule has 0 bridgehead atoms. The van der Waals surface area contributed by atoms with Gasteiger partial charge in [0.15, 0.2) is 0 Å². The fourth-order valence-electron chi connectivity index (χ4n) is 10.1. The average Bonchev–Trinajstić information content (AvgIpc) is 4.00. The van der Waals surface area contributed by atoms with Gasteiger partial charge in [-0.1, -0.05) is 80.1 Å². The number of likely N-dealkylation sites (N-methyl/N-ethyl adjacent to an activating group) is 2. The molecular weight excluding hydrogens is 841 g/mol. The topological polar surface area (TPSA) is 200 Å². The summed E-state index contributed by atoms with van der Waals surface area (Å²) in [6.45, 7) is 17.9. The van der Waals surface area contributed by atoms with Crippen molar-refractivity contribution in [3.63, 3.8) is 0 Å². The molecule has 4 rings (SSSR count).